The first kappa shape index (κ1) is 14.4. The molecule has 0 spiro atoms. The molecule has 5 heteroatoms. The molecule has 1 heterocycles. The molecule has 1 saturated heterocycles. The van der Waals surface area contributed by atoms with Gasteiger partial charge in [0, 0.05) is 45.7 Å². The molecule has 0 unspecified atom stereocenters. The monoisotopic (exact) mass is 242 g/mol. The van der Waals surface area contributed by atoms with E-state index in [1.54, 1.807) is 0 Å². The molecule has 100 valence electrons. The molecule has 0 aromatic carbocycles. The van der Waals surface area contributed by atoms with Crippen LogP contribution in [0.25, 0.3) is 0 Å². The van der Waals surface area contributed by atoms with Crippen LogP contribution < -0.4 is 11.1 Å². The smallest absolute Gasteiger partial charge is 0.217 e. The Labute approximate surface area is 104 Å². The summed E-state index contributed by atoms with van der Waals surface area (Å²) in [5.74, 6) is -0.179. The lowest BCUT2D eigenvalue weighted by Gasteiger charge is -2.34. The molecule has 1 fully saturated rings. The Bertz CT molecular complexity index is 215. The van der Waals surface area contributed by atoms with Crippen molar-refractivity contribution in [1.82, 2.24) is 15.1 Å². The van der Waals surface area contributed by atoms with Crippen LogP contribution in [0, 0.1) is 0 Å². The summed E-state index contributed by atoms with van der Waals surface area (Å²) in [7, 11) is 2.00. The van der Waals surface area contributed by atoms with Gasteiger partial charge < -0.3 is 16.0 Å². The Morgan fingerprint density at radius 3 is 2.24 bits per heavy atom. The van der Waals surface area contributed by atoms with Crippen LogP contribution in [0.5, 0.6) is 0 Å². The van der Waals surface area contributed by atoms with Gasteiger partial charge in [-0.3, -0.25) is 9.69 Å². The number of nitrogens with two attached hydrogens (primary N) is 1. The maximum absolute atomic E-state index is 10.6. The highest BCUT2D eigenvalue weighted by molar-refractivity contribution is 5.73. The fourth-order valence-electron chi connectivity index (χ4n) is 2.14. The number of hydrogen-bond donors (Lipinski definition) is 2. The molecule has 0 atom stereocenters. The fourth-order valence-corrected chi connectivity index (χ4v) is 2.14. The van der Waals surface area contributed by atoms with Gasteiger partial charge in [-0.2, -0.15) is 0 Å². The number of hydrogen-bond acceptors (Lipinski definition) is 4. The lowest BCUT2D eigenvalue weighted by atomic mass is 10.2. The Morgan fingerprint density at radius 2 is 1.71 bits per heavy atom. The predicted octanol–water partition coefficient (Wildman–Crippen LogP) is -0.521. The first-order chi connectivity index (χ1) is 8.22. The molecule has 0 radical (unpaired) electrons. The van der Waals surface area contributed by atoms with Gasteiger partial charge in [0.05, 0.1) is 0 Å². The largest absolute Gasteiger partial charge is 0.370 e. The van der Waals surface area contributed by atoms with Crippen LogP contribution in [0.15, 0.2) is 0 Å². The summed E-state index contributed by atoms with van der Waals surface area (Å²) < 4.78 is 0. The zero-order valence-electron chi connectivity index (χ0n) is 11.0. The van der Waals surface area contributed by atoms with Crippen molar-refractivity contribution in [3.63, 3.8) is 0 Å². The normalized spacial score (nSPS) is 18.4. The first-order valence-electron chi connectivity index (χ1n) is 6.60. The van der Waals surface area contributed by atoms with E-state index in [0.29, 0.717) is 6.42 Å². The Balaban J connectivity index is 2.01. The van der Waals surface area contributed by atoms with E-state index in [1.165, 1.54) is 0 Å². The number of likely N-dealkylation sites (N-methyl/N-ethyl adjacent to an activating group) is 1. The summed E-state index contributed by atoms with van der Waals surface area (Å²) in [5.41, 5.74) is 5.11. The van der Waals surface area contributed by atoms with E-state index in [2.05, 4.69) is 15.1 Å². The number of carbonyl (C=O) groups is 1. The van der Waals surface area contributed by atoms with Crippen LogP contribution in [-0.2, 0) is 4.79 Å². The average Bonchev–Trinajstić information content (AvgIpc) is 2.33. The minimum atomic E-state index is -0.179. The number of rotatable bonds is 8. The number of primary amides is 1. The number of piperazine rings is 1. The molecule has 0 aromatic heterocycles. The van der Waals surface area contributed by atoms with Crippen molar-refractivity contribution >= 4 is 5.91 Å². The molecule has 3 N–H and O–H groups in total. The molecule has 0 aromatic rings. The quantitative estimate of drug-likeness (QED) is 0.562. The number of unbranched alkanes of at least 4 members (excludes halogenated alkanes) is 1. The standard InChI is InChI=1S/C12H26N4O/c1-14-5-7-16-10-8-15(9-11-16)6-3-2-4-12(13)17/h14H,2-11H2,1H3,(H2,13,17). The lowest BCUT2D eigenvalue weighted by molar-refractivity contribution is -0.118. The van der Waals surface area contributed by atoms with Crippen LogP contribution in [0.2, 0.25) is 0 Å². The number of nitrogens with zero attached hydrogens (tertiary/aromatic N) is 2. The molecule has 1 rings (SSSR count). The van der Waals surface area contributed by atoms with Crippen LogP contribution in [-0.4, -0.2) is 68.6 Å². The number of nitrogens with one attached hydrogen (secondary N) is 1. The van der Waals surface area contributed by atoms with Crippen molar-refractivity contribution in [2.45, 2.75) is 19.3 Å². The van der Waals surface area contributed by atoms with Gasteiger partial charge in [-0.05, 0) is 26.4 Å². The molecule has 0 bridgehead atoms. The van der Waals surface area contributed by atoms with Crippen LogP contribution in [0.3, 0.4) is 0 Å². The van der Waals surface area contributed by atoms with Crippen LogP contribution in [0.1, 0.15) is 19.3 Å². The highest BCUT2D eigenvalue weighted by atomic mass is 16.1. The highest BCUT2D eigenvalue weighted by Gasteiger charge is 2.15. The van der Waals surface area contributed by atoms with Gasteiger partial charge in [0.1, 0.15) is 0 Å². The van der Waals surface area contributed by atoms with Crippen molar-refractivity contribution in [2.75, 3.05) is 52.9 Å². The van der Waals surface area contributed by atoms with E-state index >= 15 is 0 Å². The van der Waals surface area contributed by atoms with Gasteiger partial charge in [0.15, 0.2) is 0 Å². The molecular formula is C12H26N4O. The Hall–Kier alpha value is -0.650. The molecule has 5 nitrogen and oxygen atoms in total. The topological polar surface area (TPSA) is 61.6 Å². The van der Waals surface area contributed by atoms with E-state index < -0.39 is 0 Å². The molecular weight excluding hydrogens is 216 g/mol. The zero-order chi connectivity index (χ0) is 12.5. The summed E-state index contributed by atoms with van der Waals surface area (Å²) in [6, 6.07) is 0. The van der Waals surface area contributed by atoms with Gasteiger partial charge in [-0.15, -0.1) is 0 Å². The maximum atomic E-state index is 10.6. The molecule has 1 aliphatic rings. The third-order valence-electron chi connectivity index (χ3n) is 3.29. The molecule has 0 saturated carbocycles. The van der Waals surface area contributed by atoms with Gasteiger partial charge in [0.2, 0.25) is 5.91 Å². The second-order valence-corrected chi connectivity index (χ2v) is 4.71. The van der Waals surface area contributed by atoms with Crippen molar-refractivity contribution in [3.8, 4) is 0 Å². The van der Waals surface area contributed by atoms with E-state index in [0.717, 1.165) is 58.7 Å². The Morgan fingerprint density at radius 1 is 1.12 bits per heavy atom. The Kier molecular flexibility index (Phi) is 7.16. The lowest BCUT2D eigenvalue weighted by Crippen LogP contribution is -2.48. The summed E-state index contributed by atoms with van der Waals surface area (Å²) in [4.78, 5) is 15.6. The summed E-state index contributed by atoms with van der Waals surface area (Å²) in [6.45, 7) is 7.95. The number of amides is 1. The summed E-state index contributed by atoms with van der Waals surface area (Å²) >= 11 is 0. The SMILES string of the molecule is CNCCN1CCN(CCCCC(N)=O)CC1. The minimum Gasteiger partial charge on any atom is -0.370 e. The van der Waals surface area contributed by atoms with Gasteiger partial charge >= 0.3 is 0 Å². The molecule has 1 aliphatic heterocycles. The van der Waals surface area contributed by atoms with Gasteiger partial charge in [-0.25, -0.2) is 0 Å². The van der Waals surface area contributed by atoms with Crippen LogP contribution >= 0.6 is 0 Å². The molecule has 1 amide bonds. The maximum Gasteiger partial charge on any atom is 0.217 e. The van der Waals surface area contributed by atoms with E-state index in [-0.39, 0.29) is 5.91 Å². The molecule has 0 aliphatic carbocycles. The first-order valence-corrected chi connectivity index (χ1v) is 6.60. The fraction of sp³-hybridized carbons (Fsp3) is 0.917. The highest BCUT2D eigenvalue weighted by Crippen LogP contribution is 2.04. The van der Waals surface area contributed by atoms with Crippen molar-refractivity contribution in [1.29, 1.82) is 0 Å². The van der Waals surface area contributed by atoms with Crippen molar-refractivity contribution < 1.29 is 4.79 Å². The minimum absolute atomic E-state index is 0.179. The van der Waals surface area contributed by atoms with E-state index in [4.69, 9.17) is 5.73 Å². The third-order valence-corrected chi connectivity index (χ3v) is 3.29. The average molecular weight is 242 g/mol. The van der Waals surface area contributed by atoms with Gasteiger partial charge in [0.25, 0.3) is 0 Å². The van der Waals surface area contributed by atoms with E-state index in [1.807, 2.05) is 7.05 Å². The van der Waals surface area contributed by atoms with Crippen molar-refractivity contribution in [2.24, 2.45) is 5.73 Å². The second kappa shape index (κ2) is 8.44. The summed E-state index contributed by atoms with van der Waals surface area (Å²) in [5, 5.41) is 3.18. The van der Waals surface area contributed by atoms with Crippen molar-refractivity contribution in [3.05, 3.63) is 0 Å². The number of carbonyl (C=O) groups excluding carboxylic acids is 1. The second-order valence-electron chi connectivity index (χ2n) is 4.71. The predicted molar refractivity (Wildman–Crippen MR) is 69.9 cm³/mol. The van der Waals surface area contributed by atoms with Gasteiger partial charge in [-0.1, -0.05) is 0 Å². The van der Waals surface area contributed by atoms with Crippen LogP contribution in [0.4, 0.5) is 0 Å². The molecule has 17 heavy (non-hydrogen) atoms. The third kappa shape index (κ3) is 6.61. The summed E-state index contributed by atoms with van der Waals surface area (Å²) in [6.07, 6.45) is 2.54. The zero-order valence-corrected chi connectivity index (χ0v) is 11.0. The van der Waals surface area contributed by atoms with E-state index in [9.17, 15) is 4.79 Å².